The van der Waals surface area contributed by atoms with Crippen LogP contribution in [0.25, 0.3) is 0 Å². The summed E-state index contributed by atoms with van der Waals surface area (Å²) in [6, 6.07) is 0. The minimum atomic E-state index is -1.57. The molecule has 0 aromatic rings. The van der Waals surface area contributed by atoms with Crippen molar-refractivity contribution in [1.82, 2.24) is 0 Å². The molecule has 0 spiro atoms. The summed E-state index contributed by atoms with van der Waals surface area (Å²) in [5.41, 5.74) is 0.340. The van der Waals surface area contributed by atoms with Gasteiger partial charge in [-0.2, -0.15) is 0 Å². The first-order valence-electron chi connectivity index (χ1n) is 9.19. The summed E-state index contributed by atoms with van der Waals surface area (Å²) in [6.07, 6.45) is 0. The van der Waals surface area contributed by atoms with E-state index in [0.717, 1.165) is 5.92 Å². The Balaban J connectivity index is 7.01. The summed E-state index contributed by atoms with van der Waals surface area (Å²) in [5, 5.41) is 0.833. The van der Waals surface area contributed by atoms with Crippen LogP contribution in [0.15, 0.2) is 0 Å². The zero-order chi connectivity index (χ0) is 18.6. The van der Waals surface area contributed by atoms with E-state index in [4.69, 9.17) is 0 Å². The van der Waals surface area contributed by atoms with Gasteiger partial charge in [0.25, 0.3) is 0 Å². The Bertz CT molecular complexity index is 355. The lowest BCUT2D eigenvalue weighted by Crippen LogP contribution is -2.70. The second-order valence-corrected chi connectivity index (χ2v) is 23.5. The van der Waals surface area contributed by atoms with Gasteiger partial charge in [-0.3, -0.25) is 0 Å². The lowest BCUT2D eigenvalue weighted by Gasteiger charge is -2.70. The van der Waals surface area contributed by atoms with Crippen molar-refractivity contribution in [3.63, 3.8) is 0 Å². The Morgan fingerprint density at radius 3 is 0.864 bits per heavy atom. The predicted molar refractivity (Wildman–Crippen MR) is 111 cm³/mol. The maximum absolute atomic E-state index is 2.69. The Morgan fingerprint density at radius 2 is 0.773 bits per heavy atom. The summed E-state index contributed by atoms with van der Waals surface area (Å²) >= 11 is 0. The molecule has 0 aliphatic rings. The van der Waals surface area contributed by atoms with E-state index in [-0.39, 0.29) is 0 Å². The molecular weight excluding hydrogens is 296 g/mol. The van der Waals surface area contributed by atoms with Crippen LogP contribution in [0.1, 0.15) is 76.2 Å². The van der Waals surface area contributed by atoms with E-state index in [1.54, 1.807) is 0 Å². The standard InChI is InChI=1S/C20H46Si2/c1-16(2)20(17(3,4)5,21(12,13)18(6,7)8)22(14,15)19(9,10)11/h16H,1-15H3. The molecule has 0 unspecified atom stereocenters. The highest BCUT2D eigenvalue weighted by Gasteiger charge is 2.68. The first kappa shape index (κ1) is 22.4. The van der Waals surface area contributed by atoms with Gasteiger partial charge < -0.3 is 0 Å². The fraction of sp³-hybridized carbons (Fsp3) is 1.00. The molecule has 134 valence electrons. The molecule has 2 heteroatoms. The smallest absolute Gasteiger partial charge is 0.0571 e. The van der Waals surface area contributed by atoms with Gasteiger partial charge in [0.15, 0.2) is 0 Å². The average Bonchev–Trinajstić information content (AvgIpc) is 2.09. The van der Waals surface area contributed by atoms with E-state index in [1.807, 2.05) is 0 Å². The van der Waals surface area contributed by atoms with Gasteiger partial charge in [-0.05, 0) is 26.1 Å². The van der Waals surface area contributed by atoms with E-state index in [0.29, 0.717) is 20.2 Å². The quantitative estimate of drug-likeness (QED) is 0.456. The molecule has 0 saturated heterocycles. The van der Waals surface area contributed by atoms with E-state index in [2.05, 4.69) is 102 Å². The van der Waals surface area contributed by atoms with E-state index in [9.17, 15) is 0 Å². The van der Waals surface area contributed by atoms with Crippen molar-refractivity contribution >= 4 is 16.1 Å². The second kappa shape index (κ2) is 5.76. The van der Waals surface area contributed by atoms with Crippen LogP contribution in [0.5, 0.6) is 0 Å². The molecule has 0 bridgehead atoms. The van der Waals surface area contributed by atoms with Crippen molar-refractivity contribution in [2.45, 2.75) is 117 Å². The largest absolute Gasteiger partial charge is 0.0687 e. The summed E-state index contributed by atoms with van der Waals surface area (Å²) in [5.74, 6) is 0.731. The van der Waals surface area contributed by atoms with Crippen LogP contribution in [-0.4, -0.2) is 16.1 Å². The Kier molecular flexibility index (Phi) is 5.87. The fourth-order valence-corrected chi connectivity index (χ4v) is 23.7. The van der Waals surface area contributed by atoms with Crippen LogP contribution in [0.2, 0.25) is 40.9 Å². The molecule has 0 fully saturated rings. The molecule has 0 heterocycles. The van der Waals surface area contributed by atoms with E-state index >= 15 is 0 Å². The molecule has 0 radical (unpaired) electrons. The van der Waals surface area contributed by atoms with E-state index < -0.39 is 16.1 Å². The third kappa shape index (κ3) is 2.92. The van der Waals surface area contributed by atoms with Crippen LogP contribution in [0.3, 0.4) is 0 Å². The maximum atomic E-state index is 2.69. The number of rotatable bonds is 3. The molecule has 0 nitrogen and oxygen atoms in total. The summed E-state index contributed by atoms with van der Waals surface area (Å²) < 4.78 is 0.476. The molecule has 0 atom stereocenters. The Morgan fingerprint density at radius 1 is 0.545 bits per heavy atom. The molecule has 0 N–H and O–H groups in total. The van der Waals surface area contributed by atoms with Crippen LogP contribution in [-0.2, 0) is 0 Å². The predicted octanol–water partition coefficient (Wildman–Crippen LogP) is 7.99. The Labute approximate surface area is 144 Å². The lowest BCUT2D eigenvalue weighted by molar-refractivity contribution is 0.244. The van der Waals surface area contributed by atoms with Gasteiger partial charge in [-0.1, -0.05) is 102 Å². The highest BCUT2D eigenvalue weighted by Crippen LogP contribution is 2.72. The van der Waals surface area contributed by atoms with Crippen LogP contribution < -0.4 is 0 Å². The van der Waals surface area contributed by atoms with Crippen LogP contribution in [0, 0.1) is 11.3 Å². The van der Waals surface area contributed by atoms with Crippen molar-refractivity contribution in [3.05, 3.63) is 0 Å². The van der Waals surface area contributed by atoms with Gasteiger partial charge >= 0.3 is 0 Å². The third-order valence-corrected chi connectivity index (χ3v) is 25.6. The maximum Gasteiger partial charge on any atom is 0.0571 e. The number of hydrogen-bond acceptors (Lipinski definition) is 0. The van der Waals surface area contributed by atoms with Crippen molar-refractivity contribution in [1.29, 1.82) is 0 Å². The summed E-state index contributed by atoms with van der Waals surface area (Å²) in [7, 11) is -3.13. The topological polar surface area (TPSA) is 0 Å². The Hall–Kier alpha value is 0.434. The van der Waals surface area contributed by atoms with E-state index in [1.165, 1.54) is 0 Å². The molecule has 0 aliphatic carbocycles. The summed E-state index contributed by atoms with van der Waals surface area (Å²) in [4.78, 5) is 0. The monoisotopic (exact) mass is 342 g/mol. The van der Waals surface area contributed by atoms with Gasteiger partial charge in [0.05, 0.1) is 16.1 Å². The fourth-order valence-electron chi connectivity index (χ4n) is 6.15. The molecule has 0 rings (SSSR count). The molecule has 0 saturated carbocycles. The zero-order valence-electron chi connectivity index (χ0n) is 18.6. The average molecular weight is 343 g/mol. The van der Waals surface area contributed by atoms with Gasteiger partial charge in [-0.25, -0.2) is 0 Å². The van der Waals surface area contributed by atoms with Crippen molar-refractivity contribution in [3.8, 4) is 0 Å². The third-order valence-electron chi connectivity index (χ3n) is 7.77. The normalized spacial score (nSPS) is 16.4. The molecule has 0 aromatic heterocycles. The minimum Gasteiger partial charge on any atom is -0.0687 e. The van der Waals surface area contributed by atoms with Crippen molar-refractivity contribution < 1.29 is 0 Å². The SMILES string of the molecule is CC(C)C(C(C)(C)C)([Si](C)(C)C(C)(C)C)[Si](C)(C)C(C)(C)C. The van der Waals surface area contributed by atoms with Crippen LogP contribution in [0.4, 0.5) is 0 Å². The van der Waals surface area contributed by atoms with Crippen molar-refractivity contribution in [2.75, 3.05) is 0 Å². The molecule has 0 amide bonds. The molecular formula is C20H46Si2. The molecule has 0 aliphatic heterocycles. The second-order valence-electron chi connectivity index (χ2n) is 12.0. The van der Waals surface area contributed by atoms with Gasteiger partial charge in [-0.15, -0.1) is 0 Å². The van der Waals surface area contributed by atoms with Crippen molar-refractivity contribution in [2.24, 2.45) is 11.3 Å². The summed E-state index contributed by atoms with van der Waals surface area (Å²) in [6.45, 7) is 38.5. The van der Waals surface area contributed by atoms with Gasteiger partial charge in [0, 0.05) is 0 Å². The lowest BCUT2D eigenvalue weighted by atomic mass is 9.84. The van der Waals surface area contributed by atoms with Crippen LogP contribution >= 0.6 is 0 Å². The highest BCUT2D eigenvalue weighted by atomic mass is 28.4. The first-order valence-corrected chi connectivity index (χ1v) is 15.2. The zero-order valence-corrected chi connectivity index (χ0v) is 20.6. The number of hydrogen-bond donors (Lipinski definition) is 0. The highest BCUT2D eigenvalue weighted by molar-refractivity contribution is 7.02. The van der Waals surface area contributed by atoms with Gasteiger partial charge in [0.2, 0.25) is 0 Å². The molecule has 22 heavy (non-hydrogen) atoms. The first-order chi connectivity index (χ1) is 9.19. The molecule has 0 aromatic carbocycles. The minimum absolute atomic E-state index is 0.340. The van der Waals surface area contributed by atoms with Gasteiger partial charge in [0.1, 0.15) is 0 Å².